The van der Waals surface area contributed by atoms with E-state index in [0.29, 0.717) is 16.4 Å². The average molecular weight is 753 g/mol. The molecule has 0 N–H and O–H groups in total. The molecule has 0 aromatic heterocycles. The Kier molecular flexibility index (Phi) is 11.6. The lowest BCUT2D eigenvalue weighted by molar-refractivity contribution is -0.114. The van der Waals surface area contributed by atoms with Crippen LogP contribution in [0.15, 0.2) is 157 Å². The van der Waals surface area contributed by atoms with E-state index in [0.717, 1.165) is 55.7 Å². The molecule has 284 valence electrons. The number of hydrogen-bond donors (Lipinski definition) is 0. The van der Waals surface area contributed by atoms with Gasteiger partial charge in [-0.15, -0.1) is 5.11 Å². The van der Waals surface area contributed by atoms with E-state index in [9.17, 15) is 9.59 Å². The van der Waals surface area contributed by atoms with Gasteiger partial charge in [-0.05, 0) is 98.1 Å². The van der Waals surface area contributed by atoms with Gasteiger partial charge in [0.05, 0.1) is 23.1 Å². The molecule has 0 atom stereocenters. The number of halogens is 1. The molecule has 0 aliphatic heterocycles. The predicted molar refractivity (Wildman–Crippen MR) is 228 cm³/mol. The molecule has 0 unspecified atom stereocenters. The SMILES string of the molecule is CC(C)(C)C1=CC(=C/N=N/c2ccc(-c3ccc(/N=N/C=C4C=C(C(C)(C)C)C(=O)C(C(C)(C)C)=C4)c(-c4ccccc4)c3)cc2Cl)C=C(C(C)(C)C)C1=O. The molecule has 55 heavy (non-hydrogen) atoms. The quantitative estimate of drug-likeness (QED) is 0.235. The molecule has 0 radical (unpaired) electrons. The van der Waals surface area contributed by atoms with Crippen LogP contribution in [0.25, 0.3) is 22.3 Å². The summed E-state index contributed by atoms with van der Waals surface area (Å²) in [4.78, 5) is 26.7. The molecule has 2 aliphatic rings. The monoisotopic (exact) mass is 752 g/mol. The number of allylic oxidation sites excluding steroid dienone is 10. The van der Waals surface area contributed by atoms with E-state index in [4.69, 9.17) is 11.6 Å². The Labute approximate surface area is 332 Å². The lowest BCUT2D eigenvalue weighted by Crippen LogP contribution is -2.27. The Morgan fingerprint density at radius 1 is 0.473 bits per heavy atom. The van der Waals surface area contributed by atoms with Crippen molar-refractivity contribution in [2.45, 2.75) is 83.1 Å². The number of benzene rings is 3. The molecule has 0 saturated carbocycles. The topological polar surface area (TPSA) is 83.6 Å². The molecule has 3 aromatic carbocycles. The number of hydrogen-bond acceptors (Lipinski definition) is 6. The van der Waals surface area contributed by atoms with E-state index in [1.807, 2.05) is 127 Å². The lowest BCUT2D eigenvalue weighted by atomic mass is 9.72. The normalized spacial score (nSPS) is 16.0. The molecule has 7 heteroatoms. The van der Waals surface area contributed by atoms with Crippen LogP contribution in [-0.4, -0.2) is 11.6 Å². The van der Waals surface area contributed by atoms with Crippen LogP contribution < -0.4 is 0 Å². The van der Waals surface area contributed by atoms with Crippen molar-refractivity contribution >= 4 is 34.5 Å². The highest BCUT2D eigenvalue weighted by Gasteiger charge is 2.35. The van der Waals surface area contributed by atoms with Gasteiger partial charge < -0.3 is 0 Å². The first-order valence-electron chi connectivity index (χ1n) is 18.7. The first-order valence-corrected chi connectivity index (χ1v) is 19.1. The molecule has 0 heterocycles. The highest BCUT2D eigenvalue weighted by molar-refractivity contribution is 6.33. The largest absolute Gasteiger partial charge is 0.289 e. The molecule has 2 aliphatic carbocycles. The summed E-state index contributed by atoms with van der Waals surface area (Å²) in [6, 6.07) is 21.8. The van der Waals surface area contributed by atoms with Crippen LogP contribution in [0.5, 0.6) is 0 Å². The number of carbonyl (C=O) groups excluding carboxylic acids is 2. The van der Waals surface area contributed by atoms with E-state index in [2.05, 4.69) is 68.1 Å². The highest BCUT2D eigenvalue weighted by atomic mass is 35.5. The average Bonchev–Trinajstić information content (AvgIpc) is 3.08. The molecular weight excluding hydrogens is 700 g/mol. The molecule has 0 bridgehead atoms. The Morgan fingerprint density at radius 3 is 1.25 bits per heavy atom. The minimum absolute atomic E-state index is 0.0778. The van der Waals surface area contributed by atoms with Crippen molar-refractivity contribution in [1.29, 1.82) is 0 Å². The Balaban J connectivity index is 1.46. The van der Waals surface area contributed by atoms with Gasteiger partial charge in [-0.1, -0.05) is 137 Å². The lowest BCUT2D eigenvalue weighted by Gasteiger charge is -2.31. The molecule has 0 fully saturated rings. The summed E-state index contributed by atoms with van der Waals surface area (Å²) in [7, 11) is 0. The first-order chi connectivity index (χ1) is 25.5. The van der Waals surface area contributed by atoms with Gasteiger partial charge in [0, 0.05) is 27.9 Å². The smallest absolute Gasteiger partial charge is 0.186 e. The van der Waals surface area contributed by atoms with E-state index in [1.165, 1.54) is 0 Å². The van der Waals surface area contributed by atoms with Crippen molar-refractivity contribution in [2.24, 2.45) is 42.1 Å². The Morgan fingerprint density at radius 2 is 0.855 bits per heavy atom. The maximum Gasteiger partial charge on any atom is 0.186 e. The van der Waals surface area contributed by atoms with Crippen molar-refractivity contribution in [3.8, 4) is 22.3 Å². The summed E-state index contributed by atoms with van der Waals surface area (Å²) in [6.07, 6.45) is 11.1. The zero-order chi connectivity index (χ0) is 40.5. The third kappa shape index (κ3) is 9.79. The van der Waals surface area contributed by atoms with E-state index in [-0.39, 0.29) is 33.2 Å². The van der Waals surface area contributed by atoms with Gasteiger partial charge in [-0.3, -0.25) is 9.59 Å². The molecule has 0 saturated heterocycles. The van der Waals surface area contributed by atoms with Crippen LogP contribution in [0.3, 0.4) is 0 Å². The standard InChI is InChI=1S/C48H53ClN4O2/c1-45(2,3)36-22-30(23-37(43(36)54)46(4,5)6)28-50-52-41-20-18-33(26-35(41)32-16-14-13-15-17-32)34-19-21-42(40(49)27-34)53-51-29-31-24-38(47(7,8)9)44(55)39(25-31)48(10,11)12/h13-29H,1-12H3/b52-50+,53-51+. The van der Waals surface area contributed by atoms with Crippen LogP contribution >= 0.6 is 11.6 Å². The molecule has 5 rings (SSSR count). The van der Waals surface area contributed by atoms with Crippen LogP contribution in [0.1, 0.15) is 83.1 Å². The summed E-state index contributed by atoms with van der Waals surface area (Å²) in [6.45, 7) is 24.6. The van der Waals surface area contributed by atoms with Gasteiger partial charge in [0.2, 0.25) is 0 Å². The number of carbonyl (C=O) groups is 2. The third-order valence-electron chi connectivity index (χ3n) is 9.56. The van der Waals surface area contributed by atoms with Crippen molar-refractivity contribution < 1.29 is 9.59 Å². The fourth-order valence-electron chi connectivity index (χ4n) is 6.41. The number of ketones is 2. The van der Waals surface area contributed by atoms with Crippen LogP contribution in [0.2, 0.25) is 5.02 Å². The fourth-order valence-corrected chi connectivity index (χ4v) is 6.63. The molecule has 0 amide bonds. The maximum absolute atomic E-state index is 13.4. The van der Waals surface area contributed by atoms with E-state index in [1.54, 1.807) is 12.4 Å². The highest BCUT2D eigenvalue weighted by Crippen LogP contribution is 2.41. The second-order valence-electron chi connectivity index (χ2n) is 18.3. The van der Waals surface area contributed by atoms with Gasteiger partial charge >= 0.3 is 0 Å². The zero-order valence-corrected chi connectivity index (χ0v) is 35.1. The van der Waals surface area contributed by atoms with Crippen molar-refractivity contribution in [3.63, 3.8) is 0 Å². The Hall–Kier alpha value is -5.07. The third-order valence-corrected chi connectivity index (χ3v) is 9.86. The number of azo groups is 2. The summed E-state index contributed by atoms with van der Waals surface area (Å²) < 4.78 is 0. The van der Waals surface area contributed by atoms with Gasteiger partial charge in [0.1, 0.15) is 5.69 Å². The predicted octanol–water partition coefficient (Wildman–Crippen LogP) is 14.7. The van der Waals surface area contributed by atoms with Crippen molar-refractivity contribution in [1.82, 2.24) is 0 Å². The second kappa shape index (κ2) is 15.6. The summed E-state index contributed by atoms with van der Waals surface area (Å²) >= 11 is 6.79. The zero-order valence-electron chi connectivity index (χ0n) is 34.3. The molecule has 6 nitrogen and oxygen atoms in total. The summed E-state index contributed by atoms with van der Waals surface area (Å²) in [5, 5.41) is 18.5. The van der Waals surface area contributed by atoms with Gasteiger partial charge in [-0.25, -0.2) is 0 Å². The summed E-state index contributed by atoms with van der Waals surface area (Å²) in [5.41, 5.74) is 8.48. The van der Waals surface area contributed by atoms with Gasteiger partial charge in [0.25, 0.3) is 0 Å². The van der Waals surface area contributed by atoms with E-state index >= 15 is 0 Å². The second-order valence-corrected chi connectivity index (χ2v) is 18.8. The summed E-state index contributed by atoms with van der Waals surface area (Å²) in [5.74, 6) is 0.163. The van der Waals surface area contributed by atoms with Gasteiger partial charge in [0.15, 0.2) is 11.6 Å². The number of rotatable bonds is 6. The maximum atomic E-state index is 13.4. The van der Waals surface area contributed by atoms with E-state index < -0.39 is 0 Å². The van der Waals surface area contributed by atoms with Crippen LogP contribution in [0.4, 0.5) is 11.4 Å². The number of Topliss-reactive ketones (excluding diaryl/α,β-unsaturated/α-hetero) is 2. The molecule has 3 aromatic rings. The van der Waals surface area contributed by atoms with Crippen LogP contribution in [-0.2, 0) is 9.59 Å². The minimum atomic E-state index is -0.310. The first kappa shape index (κ1) is 41.1. The Bertz CT molecular complexity index is 2200. The fraction of sp³-hybridized carbons (Fsp3) is 0.333. The molecular formula is C48H53ClN4O2. The van der Waals surface area contributed by atoms with Gasteiger partial charge in [-0.2, -0.15) is 15.3 Å². The minimum Gasteiger partial charge on any atom is -0.289 e. The molecule has 0 spiro atoms. The number of nitrogens with zero attached hydrogens (tertiary/aromatic N) is 4. The van der Waals surface area contributed by atoms with Crippen LogP contribution in [0, 0.1) is 21.7 Å². The van der Waals surface area contributed by atoms with Crippen molar-refractivity contribution in [3.05, 3.63) is 142 Å². The van der Waals surface area contributed by atoms with Crippen molar-refractivity contribution in [2.75, 3.05) is 0 Å².